The number of allylic oxidation sites excluding steroid dienone is 4. The Bertz CT molecular complexity index is 293. The summed E-state index contributed by atoms with van der Waals surface area (Å²) in [7, 11) is -2.67. The summed E-state index contributed by atoms with van der Waals surface area (Å²) in [6.07, 6.45) is 7.61. The van der Waals surface area contributed by atoms with Crippen molar-refractivity contribution in [3.63, 3.8) is 0 Å². The molecule has 0 bridgehead atoms. The molecule has 0 fully saturated rings. The molecule has 0 aliphatic heterocycles. The maximum atomic E-state index is 5.96. The number of hydrogen-bond acceptors (Lipinski definition) is 3. The minimum Gasteiger partial charge on any atom is -0.370 e. The van der Waals surface area contributed by atoms with Gasteiger partial charge in [0.1, 0.15) is 0 Å². The summed E-state index contributed by atoms with van der Waals surface area (Å²) in [6.45, 7) is 10.1. The van der Waals surface area contributed by atoms with E-state index in [2.05, 4.69) is 19.1 Å². The van der Waals surface area contributed by atoms with Crippen LogP contribution in [-0.2, 0) is 13.3 Å². The first-order valence-corrected chi connectivity index (χ1v) is 8.77. The Hall–Kier alpha value is -0.423. The molecular formula is C14H26O3Si. The van der Waals surface area contributed by atoms with Crippen molar-refractivity contribution < 1.29 is 13.3 Å². The lowest BCUT2D eigenvalue weighted by Crippen LogP contribution is -2.48. The van der Waals surface area contributed by atoms with Gasteiger partial charge in [-0.3, -0.25) is 0 Å². The van der Waals surface area contributed by atoms with Gasteiger partial charge >= 0.3 is 8.80 Å². The van der Waals surface area contributed by atoms with Crippen LogP contribution in [0.3, 0.4) is 0 Å². The van der Waals surface area contributed by atoms with Crippen LogP contribution < -0.4 is 0 Å². The monoisotopic (exact) mass is 270 g/mol. The van der Waals surface area contributed by atoms with Crippen LogP contribution in [0.2, 0.25) is 0 Å². The zero-order valence-electron chi connectivity index (χ0n) is 12.1. The number of rotatable bonds is 9. The highest BCUT2D eigenvalue weighted by Crippen LogP contribution is 2.32. The summed E-state index contributed by atoms with van der Waals surface area (Å²) in [5.74, 6) is 0. The fraction of sp³-hybridized carbons (Fsp3) is 0.714. The van der Waals surface area contributed by atoms with Crippen molar-refractivity contribution in [1.82, 2.24) is 0 Å². The summed E-state index contributed by atoms with van der Waals surface area (Å²) in [5.41, 5.74) is 1.43. The Morgan fingerprint density at radius 1 is 1.00 bits per heavy atom. The summed E-state index contributed by atoms with van der Waals surface area (Å²) >= 11 is 0. The molecule has 0 unspecified atom stereocenters. The molecule has 0 N–H and O–H groups in total. The van der Waals surface area contributed by atoms with Gasteiger partial charge in [0.15, 0.2) is 0 Å². The second-order valence-electron chi connectivity index (χ2n) is 4.23. The van der Waals surface area contributed by atoms with Gasteiger partial charge in [0.25, 0.3) is 0 Å². The van der Waals surface area contributed by atoms with Gasteiger partial charge < -0.3 is 13.3 Å². The maximum absolute atomic E-state index is 5.96. The lowest BCUT2D eigenvalue weighted by Gasteiger charge is -2.30. The van der Waals surface area contributed by atoms with Crippen molar-refractivity contribution in [2.45, 2.75) is 47.0 Å². The van der Waals surface area contributed by atoms with Crippen LogP contribution in [0.15, 0.2) is 22.9 Å². The molecule has 1 aliphatic rings. The van der Waals surface area contributed by atoms with Gasteiger partial charge in [-0.1, -0.05) is 31.1 Å². The van der Waals surface area contributed by atoms with E-state index in [1.807, 2.05) is 20.8 Å². The summed E-state index contributed by atoms with van der Waals surface area (Å²) in [5, 5.41) is 1.20. The van der Waals surface area contributed by atoms with E-state index in [4.69, 9.17) is 13.3 Å². The highest BCUT2D eigenvalue weighted by atomic mass is 28.4. The molecule has 4 heteroatoms. The van der Waals surface area contributed by atoms with Gasteiger partial charge in [-0.05, 0) is 33.6 Å². The van der Waals surface area contributed by atoms with E-state index in [0.717, 1.165) is 19.3 Å². The summed E-state index contributed by atoms with van der Waals surface area (Å²) < 4.78 is 17.9. The molecule has 1 rings (SSSR count). The Labute approximate surface area is 112 Å². The molecular weight excluding hydrogens is 244 g/mol. The Morgan fingerprint density at radius 3 is 2.00 bits per heavy atom. The average molecular weight is 270 g/mol. The molecule has 104 valence electrons. The van der Waals surface area contributed by atoms with E-state index in [9.17, 15) is 0 Å². The van der Waals surface area contributed by atoms with Crippen molar-refractivity contribution in [2.75, 3.05) is 19.8 Å². The predicted molar refractivity (Wildman–Crippen MR) is 76.3 cm³/mol. The summed E-state index contributed by atoms with van der Waals surface area (Å²) in [6, 6.07) is 0. The standard InChI is InChI=1S/C14H26O3Si/c1-5-10-13-11-9-12-14(13)18(15-6-2,16-7-3)17-8-4/h9,12H,5-8,10-11H2,1-4H3. The van der Waals surface area contributed by atoms with E-state index in [0.29, 0.717) is 19.8 Å². The predicted octanol–water partition coefficient (Wildman–Crippen LogP) is 3.63. The van der Waals surface area contributed by atoms with Gasteiger partial charge in [0, 0.05) is 25.0 Å². The Balaban J connectivity index is 3.05. The molecule has 0 radical (unpaired) electrons. The lowest BCUT2D eigenvalue weighted by atomic mass is 10.1. The summed E-state index contributed by atoms with van der Waals surface area (Å²) in [4.78, 5) is 0. The minimum atomic E-state index is -2.67. The van der Waals surface area contributed by atoms with Crippen molar-refractivity contribution in [3.05, 3.63) is 22.9 Å². The molecule has 0 atom stereocenters. The maximum Gasteiger partial charge on any atom is 0.537 e. The van der Waals surface area contributed by atoms with Crippen molar-refractivity contribution >= 4 is 8.80 Å². The van der Waals surface area contributed by atoms with Gasteiger partial charge in [-0.15, -0.1) is 0 Å². The zero-order chi connectivity index (χ0) is 13.4. The topological polar surface area (TPSA) is 27.7 Å². The first-order valence-electron chi connectivity index (χ1n) is 7.04. The van der Waals surface area contributed by atoms with Crippen LogP contribution in [0, 0.1) is 0 Å². The van der Waals surface area contributed by atoms with Crippen molar-refractivity contribution in [2.24, 2.45) is 0 Å². The third kappa shape index (κ3) is 3.54. The molecule has 0 aromatic heterocycles. The smallest absolute Gasteiger partial charge is 0.370 e. The van der Waals surface area contributed by atoms with Crippen LogP contribution in [0.1, 0.15) is 47.0 Å². The lowest BCUT2D eigenvalue weighted by molar-refractivity contribution is 0.0815. The number of hydrogen-bond donors (Lipinski definition) is 0. The minimum absolute atomic E-state index is 0.628. The third-order valence-corrected chi connectivity index (χ3v) is 6.10. The zero-order valence-corrected chi connectivity index (χ0v) is 13.1. The molecule has 0 saturated carbocycles. The quantitative estimate of drug-likeness (QED) is 0.599. The first kappa shape index (κ1) is 15.6. The molecule has 0 spiro atoms. The molecule has 18 heavy (non-hydrogen) atoms. The van der Waals surface area contributed by atoms with Crippen LogP contribution in [0.5, 0.6) is 0 Å². The first-order chi connectivity index (χ1) is 8.74. The molecule has 0 aromatic rings. The van der Waals surface area contributed by atoms with Crippen LogP contribution in [0.25, 0.3) is 0 Å². The van der Waals surface area contributed by atoms with Crippen molar-refractivity contribution in [3.8, 4) is 0 Å². The second-order valence-corrected chi connectivity index (χ2v) is 6.75. The van der Waals surface area contributed by atoms with Crippen LogP contribution >= 0.6 is 0 Å². The molecule has 0 saturated heterocycles. The van der Waals surface area contributed by atoms with E-state index in [1.165, 1.54) is 10.8 Å². The van der Waals surface area contributed by atoms with Crippen molar-refractivity contribution in [1.29, 1.82) is 0 Å². The van der Waals surface area contributed by atoms with E-state index < -0.39 is 8.80 Å². The Morgan fingerprint density at radius 2 is 1.56 bits per heavy atom. The van der Waals surface area contributed by atoms with Crippen LogP contribution in [0.4, 0.5) is 0 Å². The normalized spacial score (nSPS) is 15.8. The van der Waals surface area contributed by atoms with Gasteiger partial charge in [-0.25, -0.2) is 0 Å². The molecule has 0 aromatic carbocycles. The Kier molecular flexibility index (Phi) is 6.85. The highest BCUT2D eigenvalue weighted by Gasteiger charge is 2.46. The molecule has 0 amide bonds. The molecule has 1 aliphatic carbocycles. The van der Waals surface area contributed by atoms with Gasteiger partial charge in [0.05, 0.1) is 0 Å². The van der Waals surface area contributed by atoms with Gasteiger partial charge in [0.2, 0.25) is 0 Å². The SMILES string of the molecule is CCCC1=C([Si](OCC)(OCC)OCC)C=CC1. The second kappa shape index (κ2) is 7.89. The van der Waals surface area contributed by atoms with E-state index in [-0.39, 0.29) is 0 Å². The van der Waals surface area contributed by atoms with Crippen LogP contribution in [-0.4, -0.2) is 28.6 Å². The highest BCUT2D eigenvalue weighted by molar-refractivity contribution is 6.70. The fourth-order valence-corrected chi connectivity index (χ4v) is 5.17. The average Bonchev–Trinajstić information content (AvgIpc) is 2.79. The van der Waals surface area contributed by atoms with E-state index in [1.54, 1.807) is 0 Å². The molecule has 3 nitrogen and oxygen atoms in total. The van der Waals surface area contributed by atoms with Gasteiger partial charge in [-0.2, -0.15) is 0 Å². The largest absolute Gasteiger partial charge is 0.537 e. The van der Waals surface area contributed by atoms with E-state index >= 15 is 0 Å². The fourth-order valence-electron chi connectivity index (χ4n) is 2.33. The third-order valence-electron chi connectivity index (χ3n) is 2.91. The molecule has 0 heterocycles.